The lowest BCUT2D eigenvalue weighted by atomic mass is 9.89. The first-order chi connectivity index (χ1) is 8.82. The number of benzene rings is 1. The van der Waals surface area contributed by atoms with Crippen LogP contribution >= 0.6 is 0 Å². The Morgan fingerprint density at radius 3 is 2.63 bits per heavy atom. The summed E-state index contributed by atoms with van der Waals surface area (Å²) < 4.78 is 43.1. The number of hydrogen-bond donors (Lipinski definition) is 2. The Bertz CT molecular complexity index is 498. The number of ether oxygens (including phenoxy) is 1. The van der Waals surface area contributed by atoms with Gasteiger partial charge in [-0.25, -0.2) is 0 Å². The summed E-state index contributed by atoms with van der Waals surface area (Å²) in [6.45, 7) is -0.270. The molecule has 1 aliphatic rings. The monoisotopic (exact) mass is 276 g/mol. The van der Waals surface area contributed by atoms with Gasteiger partial charge >= 0.3 is 12.1 Å². The molecule has 4 nitrogen and oxygen atoms in total. The van der Waals surface area contributed by atoms with Gasteiger partial charge in [-0.05, 0) is 29.7 Å². The minimum absolute atomic E-state index is 0.0111. The normalized spacial score (nSPS) is 22.5. The van der Waals surface area contributed by atoms with E-state index in [1.807, 2.05) is 0 Å². The summed E-state index contributed by atoms with van der Waals surface area (Å²) in [5.74, 6) is -3.22. The van der Waals surface area contributed by atoms with E-state index in [9.17, 15) is 18.0 Å². The molecule has 0 amide bonds. The quantitative estimate of drug-likeness (QED) is 0.863. The lowest BCUT2D eigenvalue weighted by Gasteiger charge is -2.32. The SMILES string of the molecule is O=C(O)C1Cc2cc(CO)ccc2OC1C(F)(F)F. The zero-order valence-corrected chi connectivity index (χ0v) is 9.65. The largest absolute Gasteiger partial charge is 0.481 e. The molecule has 0 aliphatic carbocycles. The van der Waals surface area contributed by atoms with Crippen molar-refractivity contribution in [3.63, 3.8) is 0 Å². The van der Waals surface area contributed by atoms with Gasteiger partial charge in [-0.15, -0.1) is 0 Å². The van der Waals surface area contributed by atoms with Gasteiger partial charge in [0.2, 0.25) is 6.10 Å². The molecule has 19 heavy (non-hydrogen) atoms. The van der Waals surface area contributed by atoms with Crippen LogP contribution in [0, 0.1) is 5.92 Å². The number of fused-ring (bicyclic) bond motifs is 1. The fraction of sp³-hybridized carbons (Fsp3) is 0.417. The fourth-order valence-corrected chi connectivity index (χ4v) is 2.08. The Balaban J connectivity index is 2.39. The molecule has 0 fully saturated rings. The van der Waals surface area contributed by atoms with Gasteiger partial charge in [0.25, 0.3) is 0 Å². The van der Waals surface area contributed by atoms with Gasteiger partial charge in [-0.2, -0.15) is 13.2 Å². The molecule has 2 atom stereocenters. The van der Waals surface area contributed by atoms with Gasteiger partial charge < -0.3 is 14.9 Å². The van der Waals surface area contributed by atoms with Crippen LogP contribution in [0.25, 0.3) is 0 Å². The number of carboxylic acids is 1. The minimum Gasteiger partial charge on any atom is -0.481 e. The summed E-state index contributed by atoms with van der Waals surface area (Å²) in [7, 11) is 0. The molecule has 1 heterocycles. The molecule has 0 aromatic heterocycles. The van der Waals surface area contributed by atoms with Crippen LogP contribution in [0.5, 0.6) is 5.75 Å². The van der Waals surface area contributed by atoms with Crippen LogP contribution in [0.3, 0.4) is 0 Å². The summed E-state index contributed by atoms with van der Waals surface area (Å²) >= 11 is 0. The van der Waals surface area contributed by atoms with Crippen molar-refractivity contribution in [3.05, 3.63) is 29.3 Å². The van der Waals surface area contributed by atoms with Crippen molar-refractivity contribution in [1.82, 2.24) is 0 Å². The second-order valence-electron chi connectivity index (χ2n) is 4.33. The van der Waals surface area contributed by atoms with E-state index in [2.05, 4.69) is 0 Å². The molecule has 1 aliphatic heterocycles. The standard InChI is InChI=1S/C12H11F3O4/c13-12(14,15)10-8(11(17)18)4-7-3-6(5-16)1-2-9(7)19-10/h1-3,8,10,16H,4-5H2,(H,17,18). The molecule has 0 saturated heterocycles. The molecular formula is C12H11F3O4. The Morgan fingerprint density at radius 2 is 2.11 bits per heavy atom. The molecule has 1 aromatic carbocycles. The van der Waals surface area contributed by atoms with E-state index in [0.29, 0.717) is 11.1 Å². The van der Waals surface area contributed by atoms with Crippen molar-refractivity contribution >= 4 is 5.97 Å². The van der Waals surface area contributed by atoms with Gasteiger partial charge in [0.1, 0.15) is 11.7 Å². The molecule has 0 bridgehead atoms. The Labute approximate surface area is 106 Å². The predicted molar refractivity (Wildman–Crippen MR) is 57.7 cm³/mol. The van der Waals surface area contributed by atoms with Crippen LogP contribution in [-0.4, -0.2) is 28.5 Å². The summed E-state index contributed by atoms with van der Waals surface area (Å²) in [4.78, 5) is 10.9. The van der Waals surface area contributed by atoms with E-state index in [0.717, 1.165) is 0 Å². The van der Waals surface area contributed by atoms with Gasteiger partial charge in [0.15, 0.2) is 0 Å². The molecule has 0 spiro atoms. The lowest BCUT2D eigenvalue weighted by molar-refractivity contribution is -0.217. The van der Waals surface area contributed by atoms with Crippen molar-refractivity contribution in [2.24, 2.45) is 5.92 Å². The van der Waals surface area contributed by atoms with Gasteiger partial charge in [0, 0.05) is 0 Å². The van der Waals surface area contributed by atoms with Gasteiger partial charge in [0.05, 0.1) is 6.61 Å². The third kappa shape index (κ3) is 2.65. The molecule has 0 radical (unpaired) electrons. The third-order valence-corrected chi connectivity index (χ3v) is 3.01. The number of carbonyl (C=O) groups is 1. The molecule has 2 N–H and O–H groups in total. The van der Waals surface area contributed by atoms with Crippen molar-refractivity contribution in [1.29, 1.82) is 0 Å². The first-order valence-corrected chi connectivity index (χ1v) is 5.51. The molecule has 2 rings (SSSR count). The van der Waals surface area contributed by atoms with E-state index in [-0.39, 0.29) is 18.8 Å². The maximum atomic E-state index is 12.8. The second kappa shape index (κ2) is 4.73. The van der Waals surface area contributed by atoms with Crippen LogP contribution in [0.4, 0.5) is 13.2 Å². The van der Waals surface area contributed by atoms with E-state index >= 15 is 0 Å². The minimum atomic E-state index is -4.74. The molecular weight excluding hydrogens is 265 g/mol. The highest BCUT2D eigenvalue weighted by Gasteiger charge is 2.52. The molecule has 2 unspecified atom stereocenters. The van der Waals surface area contributed by atoms with Crippen LogP contribution < -0.4 is 4.74 Å². The Hall–Kier alpha value is -1.76. The number of rotatable bonds is 2. The number of halogens is 3. The summed E-state index contributed by atoms with van der Waals surface area (Å²) in [6.07, 6.45) is -7.36. The van der Waals surface area contributed by atoms with E-state index in [1.54, 1.807) is 0 Å². The van der Waals surface area contributed by atoms with Gasteiger partial charge in [-0.3, -0.25) is 4.79 Å². The second-order valence-corrected chi connectivity index (χ2v) is 4.33. The van der Waals surface area contributed by atoms with E-state index < -0.39 is 24.2 Å². The average molecular weight is 276 g/mol. The smallest absolute Gasteiger partial charge is 0.426 e. The Kier molecular flexibility index (Phi) is 3.40. The van der Waals surface area contributed by atoms with E-state index in [4.69, 9.17) is 14.9 Å². The van der Waals surface area contributed by atoms with Gasteiger partial charge in [-0.1, -0.05) is 6.07 Å². The summed E-state index contributed by atoms with van der Waals surface area (Å²) in [5, 5.41) is 17.9. The molecule has 0 saturated carbocycles. The summed E-state index contributed by atoms with van der Waals surface area (Å²) in [6, 6.07) is 4.21. The van der Waals surface area contributed by atoms with Crippen molar-refractivity contribution < 1.29 is 32.9 Å². The van der Waals surface area contributed by atoms with Crippen LogP contribution in [0.2, 0.25) is 0 Å². The number of alkyl halides is 3. The molecule has 1 aromatic rings. The molecule has 104 valence electrons. The fourth-order valence-electron chi connectivity index (χ4n) is 2.08. The summed E-state index contributed by atoms with van der Waals surface area (Å²) in [5.41, 5.74) is 0.858. The maximum absolute atomic E-state index is 12.8. The third-order valence-electron chi connectivity index (χ3n) is 3.01. The molecule has 7 heteroatoms. The topological polar surface area (TPSA) is 66.8 Å². The van der Waals surface area contributed by atoms with Crippen molar-refractivity contribution in [2.75, 3.05) is 0 Å². The predicted octanol–water partition coefficient (Wildman–Crippen LogP) is 1.75. The van der Waals surface area contributed by atoms with E-state index in [1.165, 1.54) is 18.2 Å². The highest BCUT2D eigenvalue weighted by molar-refractivity contribution is 5.72. The van der Waals surface area contributed by atoms with Crippen LogP contribution in [0.1, 0.15) is 11.1 Å². The zero-order valence-electron chi connectivity index (χ0n) is 9.65. The number of hydrogen-bond acceptors (Lipinski definition) is 3. The first-order valence-electron chi connectivity index (χ1n) is 5.51. The number of aliphatic hydroxyl groups is 1. The number of carboxylic acid groups (broad SMARTS) is 1. The average Bonchev–Trinajstić information content (AvgIpc) is 2.35. The highest BCUT2D eigenvalue weighted by atomic mass is 19.4. The van der Waals surface area contributed by atoms with Crippen molar-refractivity contribution in [3.8, 4) is 5.75 Å². The Morgan fingerprint density at radius 1 is 1.42 bits per heavy atom. The first kappa shape index (κ1) is 13.7. The number of aliphatic carboxylic acids is 1. The lowest BCUT2D eigenvalue weighted by Crippen LogP contribution is -2.47. The maximum Gasteiger partial charge on any atom is 0.426 e. The highest BCUT2D eigenvalue weighted by Crippen LogP contribution is 2.38. The zero-order chi connectivity index (χ0) is 14.2. The van der Waals surface area contributed by atoms with Crippen LogP contribution in [-0.2, 0) is 17.8 Å². The number of aliphatic hydroxyl groups excluding tert-OH is 1. The van der Waals surface area contributed by atoms with Crippen LogP contribution in [0.15, 0.2) is 18.2 Å². The van der Waals surface area contributed by atoms with Crippen molar-refractivity contribution in [2.45, 2.75) is 25.3 Å².